The first-order valence-electron chi connectivity index (χ1n) is 8.56. The van der Waals surface area contributed by atoms with E-state index in [1.54, 1.807) is 46.4 Å². The average molecular weight is 371 g/mol. The lowest BCUT2D eigenvalue weighted by molar-refractivity contribution is -0.143. The monoisotopic (exact) mass is 371 g/mol. The lowest BCUT2D eigenvalue weighted by Crippen LogP contribution is -2.49. The molecule has 1 aliphatic heterocycles. The number of ether oxygens (including phenoxy) is 2. The molecule has 9 heteroatoms. The molecule has 0 aromatic heterocycles. The van der Waals surface area contributed by atoms with E-state index in [-0.39, 0.29) is 5.96 Å². The zero-order valence-corrected chi connectivity index (χ0v) is 16.3. The molecule has 0 saturated carbocycles. The van der Waals surface area contributed by atoms with Gasteiger partial charge in [-0.05, 0) is 54.4 Å². The summed E-state index contributed by atoms with van der Waals surface area (Å²) in [7, 11) is 0. The Labute approximate surface area is 153 Å². The third kappa shape index (κ3) is 8.17. The van der Waals surface area contributed by atoms with E-state index in [9.17, 15) is 14.4 Å². The van der Waals surface area contributed by atoms with Crippen LogP contribution in [-0.4, -0.2) is 58.4 Å². The van der Waals surface area contributed by atoms with Crippen molar-refractivity contribution in [2.24, 2.45) is 10.9 Å². The third-order valence-electron chi connectivity index (χ3n) is 3.35. The van der Waals surface area contributed by atoms with Crippen molar-refractivity contribution in [1.29, 1.82) is 0 Å². The molecule has 0 radical (unpaired) electrons. The number of carbonyl (C=O) groups excluding carboxylic acids is 2. The minimum absolute atomic E-state index is 0.00246. The summed E-state index contributed by atoms with van der Waals surface area (Å²) >= 11 is 0. The zero-order valence-electron chi connectivity index (χ0n) is 16.3. The van der Waals surface area contributed by atoms with Crippen LogP contribution in [0.5, 0.6) is 0 Å². The molecule has 9 nitrogen and oxygen atoms in total. The highest BCUT2D eigenvalue weighted by atomic mass is 16.6. The lowest BCUT2D eigenvalue weighted by Gasteiger charge is -2.32. The number of nitrogens with zero attached hydrogens (tertiary/aromatic N) is 2. The normalized spacial score (nSPS) is 16.8. The van der Waals surface area contributed by atoms with Crippen LogP contribution in [-0.2, 0) is 14.3 Å². The molecular weight excluding hydrogens is 342 g/mol. The van der Waals surface area contributed by atoms with Gasteiger partial charge in [0.25, 0.3) is 0 Å². The maximum absolute atomic E-state index is 12.1. The lowest BCUT2D eigenvalue weighted by atomic mass is 9.97. The first kappa shape index (κ1) is 21.7. The van der Waals surface area contributed by atoms with Gasteiger partial charge in [-0.3, -0.25) is 10.1 Å². The van der Waals surface area contributed by atoms with Crippen LogP contribution in [0, 0.1) is 5.92 Å². The number of carboxylic acids is 1. The predicted octanol–water partition coefficient (Wildman–Crippen LogP) is 2.60. The standard InChI is InChI=1S/C17H29N3O6/c1-16(2,3)25-14(23)18-13(19-15(24)26-17(4,5)6)20-9-7-11(8-10-20)12(21)22/h11H,7-10H2,1-6H3,(H,21,22)(H,18,19,23,24). The fraction of sp³-hybridized carbons (Fsp3) is 0.765. The van der Waals surface area contributed by atoms with Crippen LogP contribution in [0.2, 0.25) is 0 Å². The number of carboxylic acid groups (broad SMARTS) is 1. The predicted molar refractivity (Wildman–Crippen MR) is 95.0 cm³/mol. The Balaban J connectivity index is 2.90. The van der Waals surface area contributed by atoms with Crippen molar-refractivity contribution in [1.82, 2.24) is 10.2 Å². The number of rotatable bonds is 1. The molecule has 1 heterocycles. The summed E-state index contributed by atoms with van der Waals surface area (Å²) in [4.78, 5) is 40.7. The number of hydrogen-bond donors (Lipinski definition) is 2. The number of guanidine groups is 1. The quantitative estimate of drug-likeness (QED) is 0.537. The minimum Gasteiger partial charge on any atom is -0.481 e. The molecule has 0 bridgehead atoms. The number of aliphatic carboxylic acids is 1. The Morgan fingerprint density at radius 1 is 1.00 bits per heavy atom. The second-order valence-electron chi connectivity index (χ2n) is 8.14. The minimum atomic E-state index is -0.851. The first-order valence-corrected chi connectivity index (χ1v) is 8.56. The fourth-order valence-corrected chi connectivity index (χ4v) is 2.28. The molecule has 1 aliphatic rings. The topological polar surface area (TPSA) is 118 Å². The van der Waals surface area contributed by atoms with Gasteiger partial charge < -0.3 is 19.5 Å². The second kappa shape index (κ2) is 8.37. The van der Waals surface area contributed by atoms with Gasteiger partial charge in [-0.2, -0.15) is 0 Å². The van der Waals surface area contributed by atoms with Crippen LogP contribution >= 0.6 is 0 Å². The van der Waals surface area contributed by atoms with Crippen molar-refractivity contribution < 1.29 is 29.0 Å². The summed E-state index contributed by atoms with van der Waals surface area (Å²) < 4.78 is 10.4. The number of likely N-dealkylation sites (tertiary alicyclic amines) is 1. The number of alkyl carbamates (subject to hydrolysis) is 1. The molecule has 0 atom stereocenters. The second-order valence-corrected chi connectivity index (χ2v) is 8.14. The van der Waals surface area contributed by atoms with E-state index in [0.29, 0.717) is 25.9 Å². The van der Waals surface area contributed by atoms with Gasteiger partial charge >= 0.3 is 18.2 Å². The zero-order chi connectivity index (χ0) is 20.1. The van der Waals surface area contributed by atoms with Crippen LogP contribution < -0.4 is 5.32 Å². The number of piperidine rings is 1. The van der Waals surface area contributed by atoms with E-state index >= 15 is 0 Å². The molecule has 2 N–H and O–H groups in total. The van der Waals surface area contributed by atoms with Crippen LogP contribution in [0.15, 0.2) is 4.99 Å². The molecule has 0 spiro atoms. The summed E-state index contributed by atoms with van der Waals surface area (Å²) in [5, 5.41) is 11.6. The number of hydrogen-bond acceptors (Lipinski definition) is 5. The van der Waals surface area contributed by atoms with Gasteiger partial charge in [0.1, 0.15) is 11.2 Å². The van der Waals surface area contributed by atoms with Crippen LogP contribution in [0.4, 0.5) is 9.59 Å². The maximum Gasteiger partial charge on any atom is 0.437 e. The molecule has 0 aromatic carbocycles. The Morgan fingerprint density at radius 2 is 1.50 bits per heavy atom. The summed E-state index contributed by atoms with van der Waals surface area (Å²) in [6, 6.07) is 0. The number of aliphatic imine (C=N–C) groups is 1. The van der Waals surface area contributed by atoms with Gasteiger partial charge in [0.15, 0.2) is 0 Å². The molecular formula is C17H29N3O6. The number of nitrogens with one attached hydrogen (secondary N) is 1. The first-order chi connectivity index (χ1) is 11.8. The van der Waals surface area contributed by atoms with Crippen LogP contribution in [0.1, 0.15) is 54.4 Å². The van der Waals surface area contributed by atoms with Crippen LogP contribution in [0.25, 0.3) is 0 Å². The molecule has 148 valence electrons. The van der Waals surface area contributed by atoms with E-state index in [1.807, 2.05) is 0 Å². The van der Waals surface area contributed by atoms with Gasteiger partial charge in [-0.25, -0.2) is 9.59 Å². The average Bonchev–Trinajstić information content (AvgIpc) is 2.42. The van der Waals surface area contributed by atoms with E-state index in [4.69, 9.17) is 14.6 Å². The summed E-state index contributed by atoms with van der Waals surface area (Å²) in [5.41, 5.74) is -1.44. The van der Waals surface area contributed by atoms with Gasteiger partial charge in [-0.15, -0.1) is 4.99 Å². The van der Waals surface area contributed by atoms with Gasteiger partial charge in [-0.1, -0.05) is 0 Å². The molecule has 26 heavy (non-hydrogen) atoms. The molecule has 0 aromatic rings. The van der Waals surface area contributed by atoms with Crippen molar-refractivity contribution in [2.75, 3.05) is 13.1 Å². The highest BCUT2D eigenvalue weighted by Crippen LogP contribution is 2.18. The largest absolute Gasteiger partial charge is 0.481 e. The third-order valence-corrected chi connectivity index (χ3v) is 3.35. The van der Waals surface area contributed by atoms with Crippen molar-refractivity contribution in [3.05, 3.63) is 0 Å². The summed E-state index contributed by atoms with van der Waals surface area (Å²) in [6.07, 6.45) is -0.818. The molecule has 1 fully saturated rings. The van der Waals surface area contributed by atoms with Crippen molar-refractivity contribution in [3.63, 3.8) is 0 Å². The maximum atomic E-state index is 12.1. The van der Waals surface area contributed by atoms with Gasteiger partial charge in [0, 0.05) is 13.1 Å². The number of carbonyl (C=O) groups is 3. The summed E-state index contributed by atoms with van der Waals surface area (Å²) in [6.45, 7) is 11.0. The molecule has 1 saturated heterocycles. The highest BCUT2D eigenvalue weighted by molar-refractivity contribution is 5.99. The fourth-order valence-electron chi connectivity index (χ4n) is 2.28. The van der Waals surface area contributed by atoms with E-state index < -0.39 is 35.3 Å². The Hall–Kier alpha value is -2.32. The highest BCUT2D eigenvalue weighted by Gasteiger charge is 2.29. The van der Waals surface area contributed by atoms with Crippen molar-refractivity contribution >= 4 is 24.1 Å². The molecule has 0 aliphatic carbocycles. The van der Waals surface area contributed by atoms with Crippen molar-refractivity contribution in [2.45, 2.75) is 65.6 Å². The SMILES string of the molecule is CC(C)(C)OC(=O)N=C(NC(=O)OC(C)(C)C)N1CCC(C(=O)O)CC1. The smallest absolute Gasteiger partial charge is 0.437 e. The molecule has 2 amide bonds. The Bertz CT molecular complexity index is 566. The van der Waals surface area contributed by atoms with E-state index in [1.165, 1.54) is 0 Å². The van der Waals surface area contributed by atoms with Gasteiger partial charge in [0.2, 0.25) is 5.96 Å². The molecule has 0 unspecified atom stereocenters. The van der Waals surface area contributed by atoms with Gasteiger partial charge in [0.05, 0.1) is 5.92 Å². The number of amides is 2. The van der Waals surface area contributed by atoms with E-state index in [2.05, 4.69) is 10.3 Å². The molecule has 1 rings (SSSR count). The Kier molecular flexibility index (Phi) is 7.00. The Morgan fingerprint density at radius 3 is 1.92 bits per heavy atom. The van der Waals surface area contributed by atoms with Crippen molar-refractivity contribution in [3.8, 4) is 0 Å². The summed E-state index contributed by atoms with van der Waals surface area (Å²) in [5.74, 6) is -1.30. The van der Waals surface area contributed by atoms with E-state index in [0.717, 1.165) is 0 Å². The van der Waals surface area contributed by atoms with Crippen LogP contribution in [0.3, 0.4) is 0 Å².